The van der Waals surface area contributed by atoms with E-state index in [-0.39, 0.29) is 36.2 Å². The molecular formula is C26H23F6N3O2. The number of benzene rings is 2. The summed E-state index contributed by atoms with van der Waals surface area (Å²) in [5.41, 5.74) is -1.21. The van der Waals surface area contributed by atoms with Gasteiger partial charge in [0.25, 0.3) is 5.91 Å². The highest BCUT2D eigenvalue weighted by Gasteiger charge is 2.37. The molecule has 0 bridgehead atoms. The van der Waals surface area contributed by atoms with Crippen LogP contribution in [0, 0.1) is 0 Å². The third kappa shape index (κ3) is 6.04. The maximum absolute atomic E-state index is 13.7. The number of ether oxygens (including phenoxy) is 1. The van der Waals surface area contributed by atoms with Gasteiger partial charge in [0.15, 0.2) is 0 Å². The summed E-state index contributed by atoms with van der Waals surface area (Å²) in [5.74, 6) is -0.521. The quantitative estimate of drug-likeness (QED) is 0.392. The van der Waals surface area contributed by atoms with Crippen LogP contribution in [0.2, 0.25) is 0 Å². The summed E-state index contributed by atoms with van der Waals surface area (Å²) < 4.78 is 85.8. The van der Waals surface area contributed by atoms with Gasteiger partial charge in [0.05, 0.1) is 23.4 Å². The van der Waals surface area contributed by atoms with E-state index in [0.29, 0.717) is 35.5 Å². The molecule has 4 rings (SSSR count). The third-order valence-electron chi connectivity index (χ3n) is 5.72. The summed E-state index contributed by atoms with van der Waals surface area (Å²) in [5, 5.41) is 0. The van der Waals surface area contributed by atoms with E-state index in [4.69, 9.17) is 4.74 Å². The predicted octanol–water partition coefficient (Wildman–Crippen LogP) is 5.88. The predicted molar refractivity (Wildman–Crippen MR) is 124 cm³/mol. The van der Waals surface area contributed by atoms with Crippen LogP contribution in [-0.2, 0) is 25.4 Å². The molecule has 1 aliphatic rings. The Kier molecular flexibility index (Phi) is 7.18. The third-order valence-corrected chi connectivity index (χ3v) is 5.72. The number of aromatic nitrogens is 1. The molecule has 2 heterocycles. The Bertz CT molecular complexity index is 1260. The van der Waals surface area contributed by atoms with Crippen LogP contribution in [0.1, 0.15) is 32.7 Å². The number of hydrogen-bond acceptors (Lipinski definition) is 4. The fourth-order valence-corrected chi connectivity index (χ4v) is 4.13. The Morgan fingerprint density at radius 3 is 2.14 bits per heavy atom. The van der Waals surface area contributed by atoms with Gasteiger partial charge in [-0.15, -0.1) is 0 Å². The van der Waals surface area contributed by atoms with E-state index in [1.807, 2.05) is 19.0 Å². The molecule has 2 aromatic carbocycles. The lowest BCUT2D eigenvalue weighted by Gasteiger charge is -2.23. The summed E-state index contributed by atoms with van der Waals surface area (Å²) in [7, 11) is 3.71. The number of amides is 1. The number of nitrogens with zero attached hydrogens (tertiary/aromatic N) is 3. The molecule has 0 N–H and O–H groups in total. The monoisotopic (exact) mass is 523 g/mol. The molecule has 196 valence electrons. The van der Waals surface area contributed by atoms with Gasteiger partial charge < -0.3 is 14.5 Å². The fraction of sp³-hybridized carbons (Fsp3) is 0.308. The summed E-state index contributed by atoms with van der Waals surface area (Å²) in [6.45, 7) is -0.0956. The summed E-state index contributed by atoms with van der Waals surface area (Å²) >= 11 is 0. The van der Waals surface area contributed by atoms with Crippen LogP contribution in [0.4, 0.5) is 26.3 Å². The van der Waals surface area contributed by atoms with E-state index in [9.17, 15) is 31.1 Å². The highest BCUT2D eigenvalue weighted by Crippen LogP contribution is 2.38. The first-order chi connectivity index (χ1) is 17.3. The molecular weight excluding hydrogens is 500 g/mol. The van der Waals surface area contributed by atoms with Crippen molar-refractivity contribution in [3.8, 4) is 17.0 Å². The molecule has 0 radical (unpaired) electrons. The lowest BCUT2D eigenvalue weighted by Crippen LogP contribution is -2.32. The molecule has 37 heavy (non-hydrogen) atoms. The Balaban J connectivity index is 1.78. The molecule has 0 fully saturated rings. The maximum Gasteiger partial charge on any atom is 0.416 e. The molecule has 1 amide bonds. The highest BCUT2D eigenvalue weighted by atomic mass is 19.4. The van der Waals surface area contributed by atoms with Gasteiger partial charge in [0.2, 0.25) is 5.88 Å². The minimum atomic E-state index is -4.98. The lowest BCUT2D eigenvalue weighted by atomic mass is 9.98. The van der Waals surface area contributed by atoms with Crippen molar-refractivity contribution >= 4 is 5.91 Å². The van der Waals surface area contributed by atoms with Gasteiger partial charge in [0.1, 0.15) is 12.2 Å². The van der Waals surface area contributed by atoms with E-state index < -0.39 is 35.9 Å². The molecule has 3 aromatic rings. The van der Waals surface area contributed by atoms with Crippen molar-refractivity contribution in [1.29, 1.82) is 0 Å². The van der Waals surface area contributed by atoms with Gasteiger partial charge in [-0.05, 0) is 49.5 Å². The number of alkyl halides is 6. The number of carbonyl (C=O) groups is 1. The molecule has 0 saturated heterocycles. The molecule has 1 aromatic heterocycles. The molecule has 1 aliphatic heterocycles. The van der Waals surface area contributed by atoms with Crippen molar-refractivity contribution in [1.82, 2.24) is 14.8 Å². The minimum absolute atomic E-state index is 0.0313. The smallest absolute Gasteiger partial charge is 0.416 e. The van der Waals surface area contributed by atoms with Crippen LogP contribution in [0.15, 0.2) is 54.6 Å². The van der Waals surface area contributed by atoms with E-state index in [1.165, 1.54) is 4.90 Å². The normalized spacial score (nSPS) is 14.4. The molecule has 0 unspecified atom stereocenters. The average molecular weight is 523 g/mol. The van der Waals surface area contributed by atoms with Gasteiger partial charge in [-0.25, -0.2) is 4.98 Å². The number of carbonyl (C=O) groups excluding carboxylic acids is 1. The zero-order valence-electron chi connectivity index (χ0n) is 20.0. The van der Waals surface area contributed by atoms with Crippen molar-refractivity contribution in [3.63, 3.8) is 0 Å². The van der Waals surface area contributed by atoms with Gasteiger partial charge in [-0.3, -0.25) is 4.79 Å². The van der Waals surface area contributed by atoms with Crippen LogP contribution in [0.3, 0.4) is 0 Å². The minimum Gasteiger partial charge on any atom is -0.475 e. The zero-order chi connectivity index (χ0) is 27.0. The summed E-state index contributed by atoms with van der Waals surface area (Å²) in [4.78, 5) is 21.2. The zero-order valence-corrected chi connectivity index (χ0v) is 20.0. The first kappa shape index (κ1) is 26.5. The maximum atomic E-state index is 13.7. The Morgan fingerprint density at radius 2 is 1.57 bits per heavy atom. The first-order valence-corrected chi connectivity index (χ1v) is 11.3. The van der Waals surface area contributed by atoms with Gasteiger partial charge in [0, 0.05) is 18.7 Å². The Morgan fingerprint density at radius 1 is 0.946 bits per heavy atom. The number of rotatable bonds is 5. The number of pyridine rings is 1. The van der Waals surface area contributed by atoms with Crippen molar-refractivity contribution in [2.24, 2.45) is 0 Å². The summed E-state index contributed by atoms with van der Waals surface area (Å²) in [6, 6.07) is 12.0. The van der Waals surface area contributed by atoms with Gasteiger partial charge in [-0.2, -0.15) is 26.3 Å². The lowest BCUT2D eigenvalue weighted by molar-refractivity contribution is -0.143. The van der Waals surface area contributed by atoms with Crippen molar-refractivity contribution < 1.29 is 35.9 Å². The number of fused-ring (bicyclic) bond motifs is 1. The van der Waals surface area contributed by atoms with Gasteiger partial charge in [-0.1, -0.05) is 30.3 Å². The molecule has 0 spiro atoms. The van der Waals surface area contributed by atoms with E-state index in [0.717, 1.165) is 0 Å². The summed E-state index contributed by atoms with van der Waals surface area (Å²) in [6.07, 6.45) is -9.97. The molecule has 0 saturated carbocycles. The second-order valence-electron chi connectivity index (χ2n) is 8.93. The highest BCUT2D eigenvalue weighted by molar-refractivity contribution is 6.03. The second kappa shape index (κ2) is 10.0. The van der Waals surface area contributed by atoms with E-state index >= 15 is 0 Å². The number of hydrogen-bond donors (Lipinski definition) is 0. The standard InChI is InChI=1S/C26H23F6N3O2/c1-34(2)15-20-13-21(17-6-4-3-5-7-17)22-23(33-20)37-9-8-35(24(22)36)14-16-10-18(25(27,28)29)12-19(11-16)26(30,31)32/h3-7,10-13H,8-9,14-15H2,1-2H3. The molecule has 0 atom stereocenters. The van der Waals surface area contributed by atoms with Crippen LogP contribution in [-0.4, -0.2) is 47.9 Å². The molecule has 11 heteroatoms. The van der Waals surface area contributed by atoms with Crippen molar-refractivity contribution in [2.45, 2.75) is 25.4 Å². The largest absolute Gasteiger partial charge is 0.475 e. The van der Waals surface area contributed by atoms with Crippen LogP contribution in [0.25, 0.3) is 11.1 Å². The average Bonchev–Trinajstić information content (AvgIpc) is 2.96. The SMILES string of the molecule is CN(C)Cc1cc(-c2ccccc2)c2c(n1)OCCN(Cc1cc(C(F)(F)F)cc(C(F)(F)F)c1)C2=O. The Labute approximate surface area is 209 Å². The van der Waals surface area contributed by atoms with Crippen molar-refractivity contribution in [2.75, 3.05) is 27.2 Å². The van der Waals surface area contributed by atoms with Crippen molar-refractivity contribution in [3.05, 3.63) is 82.5 Å². The number of halogens is 6. The van der Waals surface area contributed by atoms with Gasteiger partial charge >= 0.3 is 12.4 Å². The topological polar surface area (TPSA) is 45.7 Å². The van der Waals surface area contributed by atoms with Crippen LogP contribution >= 0.6 is 0 Å². The van der Waals surface area contributed by atoms with Crippen LogP contribution in [0.5, 0.6) is 5.88 Å². The molecule has 0 aliphatic carbocycles. The second-order valence-corrected chi connectivity index (χ2v) is 8.93. The van der Waals surface area contributed by atoms with Crippen LogP contribution < -0.4 is 4.74 Å². The van der Waals surface area contributed by atoms with E-state index in [2.05, 4.69) is 4.98 Å². The Hall–Kier alpha value is -3.60. The molecule has 5 nitrogen and oxygen atoms in total. The first-order valence-electron chi connectivity index (χ1n) is 11.3. The van der Waals surface area contributed by atoms with E-state index in [1.54, 1.807) is 36.4 Å². The fourth-order valence-electron chi connectivity index (χ4n) is 4.13.